The van der Waals surface area contributed by atoms with Crippen LogP contribution in [0.4, 0.5) is 5.82 Å². The van der Waals surface area contributed by atoms with Gasteiger partial charge >= 0.3 is 0 Å². The van der Waals surface area contributed by atoms with Crippen molar-refractivity contribution in [3.05, 3.63) is 78.2 Å². The molecule has 42 heavy (non-hydrogen) atoms. The lowest BCUT2D eigenvalue weighted by Crippen LogP contribution is -2.46. The van der Waals surface area contributed by atoms with Crippen LogP contribution in [-0.2, 0) is 11.2 Å². The molecule has 1 aromatic carbocycles. The molecule has 1 saturated carbocycles. The third-order valence-electron chi connectivity index (χ3n) is 8.94. The Morgan fingerprint density at radius 3 is 2.62 bits per heavy atom. The average Bonchev–Trinajstić information content (AvgIpc) is 3.39. The van der Waals surface area contributed by atoms with Gasteiger partial charge in [-0.3, -0.25) is 9.36 Å². The summed E-state index contributed by atoms with van der Waals surface area (Å²) in [4.78, 5) is 28.8. The fraction of sp³-hybridized carbons (Fsp3) is 0.344. The number of hydrogen-bond donors (Lipinski definition) is 2. The molecule has 2 aliphatic carbocycles. The molecule has 8 rings (SSSR count). The molecule has 0 radical (unpaired) electrons. The number of piperidine rings is 1. The highest BCUT2D eigenvalue weighted by molar-refractivity contribution is 5.83. The highest BCUT2D eigenvalue weighted by atomic mass is 16.2. The second-order valence-corrected chi connectivity index (χ2v) is 11.7. The van der Waals surface area contributed by atoms with Crippen LogP contribution in [0.2, 0.25) is 0 Å². The minimum absolute atomic E-state index is 0.306. The summed E-state index contributed by atoms with van der Waals surface area (Å²) in [5.74, 6) is 2.53. The molecular formula is C32H33N9O. The highest BCUT2D eigenvalue weighted by Gasteiger charge is 2.35. The molecule has 4 aromatic heterocycles. The van der Waals surface area contributed by atoms with Gasteiger partial charge in [0.15, 0.2) is 17.3 Å². The maximum Gasteiger partial charge on any atom is 0.225 e. The fourth-order valence-corrected chi connectivity index (χ4v) is 6.57. The number of imidazole rings is 1. The van der Waals surface area contributed by atoms with Gasteiger partial charge in [-0.15, -0.1) is 0 Å². The van der Waals surface area contributed by atoms with Crippen molar-refractivity contribution in [2.45, 2.75) is 50.6 Å². The molecule has 3 N–H and O–H groups in total. The smallest absolute Gasteiger partial charge is 0.225 e. The van der Waals surface area contributed by atoms with E-state index in [0.717, 1.165) is 79.8 Å². The second-order valence-electron chi connectivity index (χ2n) is 11.7. The van der Waals surface area contributed by atoms with Crippen LogP contribution in [0.3, 0.4) is 0 Å². The van der Waals surface area contributed by atoms with E-state index >= 15 is 0 Å². The van der Waals surface area contributed by atoms with Gasteiger partial charge in [-0.05, 0) is 92.1 Å². The molecule has 1 aliphatic heterocycles. The number of pyridine rings is 2. The summed E-state index contributed by atoms with van der Waals surface area (Å²) < 4.78 is 3.84. The number of carbonyl (C=O) groups excluding carboxylic acids is 1. The van der Waals surface area contributed by atoms with Gasteiger partial charge in [-0.1, -0.05) is 6.07 Å². The summed E-state index contributed by atoms with van der Waals surface area (Å²) in [6.07, 6.45) is 11.6. The number of nitrogen functional groups attached to an aromatic ring is 1. The topological polar surface area (TPSA) is 120 Å². The first-order chi connectivity index (χ1) is 20.6. The van der Waals surface area contributed by atoms with E-state index in [1.54, 1.807) is 17.1 Å². The number of anilines is 1. The largest absolute Gasteiger partial charge is 0.383 e. The molecular weight excluding hydrogens is 526 g/mol. The summed E-state index contributed by atoms with van der Waals surface area (Å²) in [6.45, 7) is 1.74. The zero-order chi connectivity index (χ0) is 28.2. The standard InChI is InChI=1S/C32H33N9O/c33-29-25(3-1-14-34-29)30-37-27-10-11-28(40-16-2-15-35-40)38-31(27)41(30)23-7-8-24-21(19-23)6-9-26(24)36-22-12-17-39(18-13-22)32(42)20-4-5-20/h1-3,7-8,10-11,14-16,19-20,22,26,36H,4-6,9,12-13,17-18H2,(H2,33,34)/t26-/m1/s1. The summed E-state index contributed by atoms with van der Waals surface area (Å²) >= 11 is 0. The van der Waals surface area contributed by atoms with E-state index in [4.69, 9.17) is 15.7 Å². The van der Waals surface area contributed by atoms with Crippen LogP contribution in [0.1, 0.15) is 49.3 Å². The molecule has 1 amide bonds. The normalized spacial score (nSPS) is 19.0. The number of amides is 1. The van der Waals surface area contributed by atoms with Crippen LogP contribution in [0.25, 0.3) is 34.1 Å². The number of aryl methyl sites for hydroxylation is 1. The molecule has 212 valence electrons. The Morgan fingerprint density at radius 1 is 0.952 bits per heavy atom. The molecule has 0 spiro atoms. The minimum atomic E-state index is 0.306. The molecule has 0 unspecified atom stereocenters. The maximum atomic E-state index is 12.5. The summed E-state index contributed by atoms with van der Waals surface area (Å²) in [5.41, 5.74) is 12.3. The van der Waals surface area contributed by atoms with Crippen molar-refractivity contribution in [1.82, 2.24) is 39.5 Å². The number of benzene rings is 1. The zero-order valence-electron chi connectivity index (χ0n) is 23.4. The lowest BCUT2D eigenvalue weighted by Gasteiger charge is -2.34. The van der Waals surface area contributed by atoms with E-state index in [1.165, 1.54) is 11.1 Å². The van der Waals surface area contributed by atoms with Gasteiger partial charge in [-0.25, -0.2) is 19.6 Å². The Labute approximate surface area is 243 Å². The lowest BCUT2D eigenvalue weighted by atomic mass is 10.0. The first kappa shape index (κ1) is 25.2. The number of carbonyl (C=O) groups is 1. The Bertz CT molecular complexity index is 1780. The van der Waals surface area contributed by atoms with Crippen molar-refractivity contribution in [2.75, 3.05) is 18.8 Å². The van der Waals surface area contributed by atoms with Gasteiger partial charge in [-0.2, -0.15) is 5.10 Å². The number of likely N-dealkylation sites (tertiary alicyclic amines) is 1. The van der Waals surface area contributed by atoms with Gasteiger partial charge in [0.25, 0.3) is 0 Å². The average molecular weight is 560 g/mol. The van der Waals surface area contributed by atoms with E-state index in [2.05, 4.69) is 43.1 Å². The molecule has 1 saturated heterocycles. The van der Waals surface area contributed by atoms with Crippen molar-refractivity contribution in [3.63, 3.8) is 0 Å². The van der Waals surface area contributed by atoms with Crippen LogP contribution in [0.15, 0.2) is 67.1 Å². The fourth-order valence-electron chi connectivity index (χ4n) is 6.57. The van der Waals surface area contributed by atoms with Crippen molar-refractivity contribution < 1.29 is 4.79 Å². The van der Waals surface area contributed by atoms with E-state index in [-0.39, 0.29) is 0 Å². The van der Waals surface area contributed by atoms with Gasteiger partial charge in [0.2, 0.25) is 5.91 Å². The molecule has 5 aromatic rings. The molecule has 0 bridgehead atoms. The number of rotatable bonds is 6. The van der Waals surface area contributed by atoms with Crippen LogP contribution in [-0.4, -0.2) is 59.2 Å². The third-order valence-corrected chi connectivity index (χ3v) is 8.94. The number of nitrogens with zero attached hydrogens (tertiary/aromatic N) is 7. The van der Waals surface area contributed by atoms with Gasteiger partial charge < -0.3 is 16.0 Å². The van der Waals surface area contributed by atoms with E-state index in [9.17, 15) is 4.79 Å². The molecule has 5 heterocycles. The van der Waals surface area contributed by atoms with Gasteiger partial charge in [0.1, 0.15) is 11.3 Å². The van der Waals surface area contributed by atoms with Gasteiger partial charge in [0, 0.05) is 55.4 Å². The van der Waals surface area contributed by atoms with Crippen molar-refractivity contribution in [3.8, 4) is 22.9 Å². The monoisotopic (exact) mass is 559 g/mol. The molecule has 2 fully saturated rings. The zero-order valence-corrected chi connectivity index (χ0v) is 23.4. The van der Waals surface area contributed by atoms with E-state index in [0.29, 0.717) is 35.6 Å². The molecule has 10 heteroatoms. The number of nitrogens with one attached hydrogen (secondary N) is 1. The molecule has 1 atom stereocenters. The Kier molecular flexibility index (Phi) is 6.03. The maximum absolute atomic E-state index is 12.5. The van der Waals surface area contributed by atoms with Crippen molar-refractivity contribution >= 4 is 22.9 Å². The first-order valence-electron chi connectivity index (χ1n) is 14.9. The van der Waals surface area contributed by atoms with Crippen LogP contribution >= 0.6 is 0 Å². The number of nitrogens with two attached hydrogens (primary N) is 1. The number of hydrogen-bond acceptors (Lipinski definition) is 7. The Hall–Kier alpha value is -4.57. The highest BCUT2D eigenvalue weighted by Crippen LogP contribution is 2.37. The summed E-state index contributed by atoms with van der Waals surface area (Å²) in [5, 5.41) is 8.30. The Morgan fingerprint density at radius 2 is 1.83 bits per heavy atom. The van der Waals surface area contributed by atoms with Crippen LogP contribution in [0, 0.1) is 5.92 Å². The molecule has 3 aliphatic rings. The van der Waals surface area contributed by atoms with Crippen LogP contribution < -0.4 is 11.1 Å². The predicted molar refractivity (Wildman–Crippen MR) is 160 cm³/mol. The third kappa shape index (κ3) is 4.42. The van der Waals surface area contributed by atoms with Crippen molar-refractivity contribution in [2.24, 2.45) is 5.92 Å². The quantitative estimate of drug-likeness (QED) is 0.320. The van der Waals surface area contributed by atoms with E-state index in [1.807, 2.05) is 36.5 Å². The number of aromatic nitrogens is 6. The predicted octanol–water partition coefficient (Wildman–Crippen LogP) is 4.23. The van der Waals surface area contributed by atoms with Gasteiger partial charge in [0.05, 0.1) is 5.56 Å². The summed E-state index contributed by atoms with van der Waals surface area (Å²) in [6, 6.07) is 17.1. The number of fused-ring (bicyclic) bond motifs is 2. The second kappa shape index (κ2) is 10.1. The van der Waals surface area contributed by atoms with Crippen molar-refractivity contribution in [1.29, 1.82) is 0 Å². The lowest BCUT2D eigenvalue weighted by molar-refractivity contribution is -0.133. The minimum Gasteiger partial charge on any atom is -0.383 e. The molecule has 10 nitrogen and oxygen atoms in total. The first-order valence-corrected chi connectivity index (χ1v) is 14.9. The summed E-state index contributed by atoms with van der Waals surface area (Å²) in [7, 11) is 0. The van der Waals surface area contributed by atoms with Crippen LogP contribution in [0.5, 0.6) is 0 Å². The SMILES string of the molecule is Nc1ncccc1-c1nc2ccc(-n3cccn3)nc2n1-c1ccc2c(c1)CC[C@H]2NC1CCN(C(=O)C2CC2)CC1. The Balaban J connectivity index is 1.11. The van der Waals surface area contributed by atoms with E-state index < -0.39 is 0 Å².